The van der Waals surface area contributed by atoms with Crippen LogP contribution in [0.4, 0.5) is 0 Å². The first-order chi connectivity index (χ1) is 9.84. The maximum absolute atomic E-state index is 4.48. The maximum atomic E-state index is 4.48. The summed E-state index contributed by atoms with van der Waals surface area (Å²) in [6.07, 6.45) is 3.61. The fourth-order valence-electron chi connectivity index (χ4n) is 2.54. The van der Waals surface area contributed by atoms with Gasteiger partial charge in [-0.1, -0.05) is 22.0 Å². The van der Waals surface area contributed by atoms with E-state index in [1.54, 1.807) is 0 Å². The first kappa shape index (κ1) is 11.6. The van der Waals surface area contributed by atoms with Crippen molar-refractivity contribution < 1.29 is 0 Å². The van der Waals surface area contributed by atoms with Crippen LogP contribution in [0.25, 0.3) is 27.8 Å². The van der Waals surface area contributed by atoms with Crippen LogP contribution in [0, 0.1) is 0 Å². The highest BCUT2D eigenvalue weighted by molar-refractivity contribution is 9.10. The van der Waals surface area contributed by atoms with Crippen LogP contribution in [0.1, 0.15) is 0 Å². The Morgan fingerprint density at radius 1 is 0.800 bits per heavy atom. The number of aromatic nitrogens is 3. The molecule has 0 amide bonds. The van der Waals surface area contributed by atoms with Gasteiger partial charge in [-0.15, -0.1) is 0 Å². The van der Waals surface area contributed by atoms with Crippen molar-refractivity contribution in [2.75, 3.05) is 0 Å². The summed E-state index contributed by atoms with van der Waals surface area (Å²) in [6.45, 7) is 0. The SMILES string of the molecule is Brc1cccc(-n2c3cccnc3c3ncccc32)c1. The molecule has 0 aliphatic carbocycles. The number of fused-ring (bicyclic) bond motifs is 3. The van der Waals surface area contributed by atoms with Crippen LogP contribution >= 0.6 is 15.9 Å². The van der Waals surface area contributed by atoms with Crippen molar-refractivity contribution in [3.05, 3.63) is 65.4 Å². The number of nitrogens with zero attached hydrogens (tertiary/aromatic N) is 3. The molecule has 0 saturated heterocycles. The van der Waals surface area contributed by atoms with Crippen molar-refractivity contribution >= 4 is 38.0 Å². The molecule has 20 heavy (non-hydrogen) atoms. The number of hydrogen-bond donors (Lipinski definition) is 0. The van der Waals surface area contributed by atoms with Gasteiger partial charge in [-0.05, 0) is 42.5 Å². The summed E-state index contributed by atoms with van der Waals surface area (Å²) >= 11 is 3.53. The largest absolute Gasteiger partial charge is 0.306 e. The van der Waals surface area contributed by atoms with E-state index >= 15 is 0 Å². The molecule has 0 fully saturated rings. The first-order valence-electron chi connectivity index (χ1n) is 6.31. The standard InChI is InChI=1S/C16H10BrN3/c17-11-4-1-5-12(10-11)20-13-6-2-8-18-15(13)16-14(20)7-3-9-19-16/h1-10H. The predicted molar refractivity (Wildman–Crippen MR) is 84.1 cm³/mol. The highest BCUT2D eigenvalue weighted by Crippen LogP contribution is 2.29. The van der Waals surface area contributed by atoms with Crippen molar-refractivity contribution in [1.29, 1.82) is 0 Å². The minimum Gasteiger partial charge on any atom is -0.306 e. The van der Waals surface area contributed by atoms with E-state index in [1.807, 2.05) is 36.7 Å². The average molecular weight is 324 g/mol. The van der Waals surface area contributed by atoms with Crippen molar-refractivity contribution in [2.24, 2.45) is 0 Å². The molecule has 1 aromatic carbocycles. The zero-order chi connectivity index (χ0) is 13.5. The molecule has 0 N–H and O–H groups in total. The number of rotatable bonds is 1. The number of hydrogen-bond acceptors (Lipinski definition) is 2. The lowest BCUT2D eigenvalue weighted by Crippen LogP contribution is -1.93. The minimum atomic E-state index is 0.933. The molecular weight excluding hydrogens is 314 g/mol. The fourth-order valence-corrected chi connectivity index (χ4v) is 2.93. The summed E-state index contributed by atoms with van der Waals surface area (Å²) in [4.78, 5) is 8.97. The molecule has 0 aliphatic heterocycles. The molecule has 3 heterocycles. The quantitative estimate of drug-likeness (QED) is 0.521. The van der Waals surface area contributed by atoms with Crippen LogP contribution in [0.5, 0.6) is 0 Å². The molecule has 4 rings (SSSR count). The maximum Gasteiger partial charge on any atom is 0.115 e. The zero-order valence-corrected chi connectivity index (χ0v) is 12.1. The lowest BCUT2D eigenvalue weighted by molar-refractivity contribution is 1.17. The van der Waals surface area contributed by atoms with Gasteiger partial charge in [0, 0.05) is 22.6 Å². The zero-order valence-electron chi connectivity index (χ0n) is 10.5. The van der Waals surface area contributed by atoms with E-state index in [-0.39, 0.29) is 0 Å². The Balaban J connectivity index is 2.21. The van der Waals surface area contributed by atoms with Crippen LogP contribution in [0.2, 0.25) is 0 Å². The molecular formula is C16H10BrN3. The number of halogens is 1. The van der Waals surface area contributed by atoms with Gasteiger partial charge < -0.3 is 4.57 Å². The first-order valence-corrected chi connectivity index (χ1v) is 7.10. The molecule has 0 aliphatic rings. The van der Waals surface area contributed by atoms with Gasteiger partial charge >= 0.3 is 0 Å². The van der Waals surface area contributed by atoms with Crippen molar-refractivity contribution in [2.45, 2.75) is 0 Å². The summed E-state index contributed by atoms with van der Waals surface area (Å²) in [5, 5.41) is 0. The van der Waals surface area contributed by atoms with Crippen LogP contribution in [-0.4, -0.2) is 14.5 Å². The molecule has 4 heteroatoms. The fraction of sp³-hybridized carbons (Fsp3) is 0. The molecule has 3 aromatic heterocycles. The van der Waals surface area contributed by atoms with E-state index in [0.29, 0.717) is 0 Å². The Morgan fingerprint density at radius 2 is 1.45 bits per heavy atom. The van der Waals surface area contributed by atoms with Crippen LogP contribution in [-0.2, 0) is 0 Å². The highest BCUT2D eigenvalue weighted by atomic mass is 79.9. The Hall–Kier alpha value is -2.20. The molecule has 0 saturated carbocycles. The minimum absolute atomic E-state index is 0.933. The predicted octanol–water partition coefficient (Wildman–Crippen LogP) is 4.34. The summed E-state index contributed by atoms with van der Waals surface area (Å²) in [6, 6.07) is 16.3. The molecule has 96 valence electrons. The summed E-state index contributed by atoms with van der Waals surface area (Å²) < 4.78 is 3.24. The van der Waals surface area contributed by atoms with Crippen LogP contribution in [0.15, 0.2) is 65.4 Å². The summed E-state index contributed by atoms with van der Waals surface area (Å²) in [5.41, 5.74) is 5.10. The van der Waals surface area contributed by atoms with E-state index < -0.39 is 0 Å². The Bertz CT molecular complexity index is 874. The summed E-state index contributed by atoms with van der Waals surface area (Å²) in [5.74, 6) is 0. The van der Waals surface area contributed by atoms with Gasteiger partial charge in [0.2, 0.25) is 0 Å². The van der Waals surface area contributed by atoms with Gasteiger partial charge in [-0.25, -0.2) is 0 Å². The van der Waals surface area contributed by atoms with Gasteiger partial charge in [-0.2, -0.15) is 0 Å². The highest BCUT2D eigenvalue weighted by Gasteiger charge is 2.13. The van der Waals surface area contributed by atoms with E-state index in [4.69, 9.17) is 0 Å². The third-order valence-corrected chi connectivity index (χ3v) is 3.84. The second-order valence-electron chi connectivity index (χ2n) is 4.56. The van der Waals surface area contributed by atoms with Gasteiger partial charge in [0.05, 0.1) is 11.0 Å². The smallest absolute Gasteiger partial charge is 0.115 e. The van der Waals surface area contributed by atoms with Crippen LogP contribution in [0.3, 0.4) is 0 Å². The topological polar surface area (TPSA) is 30.7 Å². The molecule has 0 unspecified atom stereocenters. The average Bonchev–Trinajstić information content (AvgIpc) is 2.82. The van der Waals surface area contributed by atoms with Gasteiger partial charge in [0.25, 0.3) is 0 Å². The lowest BCUT2D eigenvalue weighted by Gasteiger charge is -2.07. The van der Waals surface area contributed by atoms with E-state index in [1.165, 1.54) is 0 Å². The van der Waals surface area contributed by atoms with E-state index in [2.05, 4.69) is 54.7 Å². The second-order valence-corrected chi connectivity index (χ2v) is 5.47. The molecule has 4 aromatic rings. The molecule has 3 nitrogen and oxygen atoms in total. The summed E-state index contributed by atoms with van der Waals surface area (Å²) in [7, 11) is 0. The number of pyridine rings is 2. The van der Waals surface area contributed by atoms with Crippen molar-refractivity contribution in [3.63, 3.8) is 0 Å². The van der Waals surface area contributed by atoms with Crippen molar-refractivity contribution in [1.82, 2.24) is 14.5 Å². The van der Waals surface area contributed by atoms with E-state index in [0.717, 1.165) is 32.2 Å². The molecule has 0 bridgehead atoms. The van der Waals surface area contributed by atoms with Crippen LogP contribution < -0.4 is 0 Å². The number of benzene rings is 1. The Morgan fingerprint density at radius 3 is 2.05 bits per heavy atom. The van der Waals surface area contributed by atoms with Gasteiger partial charge in [-0.3, -0.25) is 9.97 Å². The van der Waals surface area contributed by atoms with Gasteiger partial charge in [0.1, 0.15) is 11.0 Å². The molecule has 0 radical (unpaired) electrons. The monoisotopic (exact) mass is 323 g/mol. The third-order valence-electron chi connectivity index (χ3n) is 3.35. The Labute approximate surface area is 124 Å². The Kier molecular flexibility index (Phi) is 2.57. The third kappa shape index (κ3) is 1.65. The van der Waals surface area contributed by atoms with Gasteiger partial charge in [0.15, 0.2) is 0 Å². The second kappa shape index (κ2) is 4.42. The van der Waals surface area contributed by atoms with E-state index in [9.17, 15) is 0 Å². The normalized spacial score (nSPS) is 11.2. The molecule has 0 atom stereocenters. The lowest BCUT2D eigenvalue weighted by atomic mass is 10.3. The van der Waals surface area contributed by atoms with Crippen molar-refractivity contribution in [3.8, 4) is 5.69 Å². The molecule has 0 spiro atoms.